The van der Waals surface area contributed by atoms with Gasteiger partial charge in [-0.25, -0.2) is 9.97 Å². The van der Waals surface area contributed by atoms with Crippen LogP contribution < -0.4 is 0 Å². The van der Waals surface area contributed by atoms with Crippen LogP contribution in [0.3, 0.4) is 0 Å². The van der Waals surface area contributed by atoms with Crippen molar-refractivity contribution in [2.24, 2.45) is 0 Å². The summed E-state index contributed by atoms with van der Waals surface area (Å²) in [5, 5.41) is 9.45. The number of aryl methyl sites for hydroxylation is 1. The highest BCUT2D eigenvalue weighted by Crippen LogP contribution is 2.25. The molecule has 4 heteroatoms. The monoisotopic (exact) mass is 258 g/mol. The Bertz CT molecular complexity index is 1020. The summed E-state index contributed by atoms with van der Waals surface area (Å²) in [7, 11) is 0. The second-order valence-corrected chi connectivity index (χ2v) is 4.83. The fourth-order valence-corrected chi connectivity index (χ4v) is 2.54. The van der Waals surface area contributed by atoms with Gasteiger partial charge in [-0.3, -0.25) is 4.40 Å². The Labute approximate surface area is 114 Å². The summed E-state index contributed by atoms with van der Waals surface area (Å²) >= 11 is 0. The van der Waals surface area contributed by atoms with Crippen LogP contribution in [0, 0.1) is 18.3 Å². The minimum atomic E-state index is 0.585. The van der Waals surface area contributed by atoms with Gasteiger partial charge in [0.1, 0.15) is 17.1 Å². The SMILES string of the molecule is Cc1ccn2c(c1)c(C#N)c1nc3ccccc3nc12. The third kappa shape index (κ3) is 1.35. The molecule has 1 aromatic carbocycles. The van der Waals surface area contributed by atoms with Gasteiger partial charge >= 0.3 is 0 Å². The lowest BCUT2D eigenvalue weighted by molar-refractivity contribution is 1.19. The Morgan fingerprint density at radius 1 is 1.10 bits per heavy atom. The van der Waals surface area contributed by atoms with Gasteiger partial charge < -0.3 is 0 Å². The van der Waals surface area contributed by atoms with Crippen LogP contribution in [-0.4, -0.2) is 14.4 Å². The summed E-state index contributed by atoms with van der Waals surface area (Å²) in [5.74, 6) is 0. The molecule has 0 radical (unpaired) electrons. The molecule has 3 aromatic heterocycles. The van der Waals surface area contributed by atoms with E-state index in [1.54, 1.807) is 0 Å². The van der Waals surface area contributed by atoms with Crippen molar-refractivity contribution in [1.82, 2.24) is 14.4 Å². The zero-order chi connectivity index (χ0) is 13.7. The molecule has 20 heavy (non-hydrogen) atoms. The van der Waals surface area contributed by atoms with Gasteiger partial charge in [0.15, 0.2) is 5.65 Å². The van der Waals surface area contributed by atoms with Crippen LogP contribution in [0.25, 0.3) is 27.7 Å². The molecule has 0 amide bonds. The van der Waals surface area contributed by atoms with Crippen LogP contribution >= 0.6 is 0 Å². The maximum Gasteiger partial charge on any atom is 0.165 e. The first kappa shape index (κ1) is 10.9. The number of nitriles is 1. The van der Waals surface area contributed by atoms with Crippen molar-refractivity contribution in [2.45, 2.75) is 6.92 Å². The number of aromatic nitrogens is 3. The summed E-state index contributed by atoms with van der Waals surface area (Å²) in [6.45, 7) is 2.01. The molecule has 0 fully saturated rings. The Hall–Kier alpha value is -2.93. The van der Waals surface area contributed by atoms with Crippen LogP contribution in [0.2, 0.25) is 0 Å². The average molecular weight is 258 g/mol. The second kappa shape index (κ2) is 3.78. The molecule has 0 aliphatic heterocycles. The van der Waals surface area contributed by atoms with Gasteiger partial charge in [-0.15, -0.1) is 0 Å². The molecule has 0 spiro atoms. The number of fused-ring (bicyclic) bond motifs is 4. The zero-order valence-corrected chi connectivity index (χ0v) is 10.8. The molecule has 0 atom stereocenters. The predicted octanol–water partition coefficient (Wildman–Crippen LogP) is 3.22. The Kier molecular flexibility index (Phi) is 2.07. The highest BCUT2D eigenvalue weighted by atomic mass is 15.0. The first-order valence-electron chi connectivity index (χ1n) is 6.35. The molecule has 0 bridgehead atoms. The van der Waals surface area contributed by atoms with Crippen LogP contribution in [-0.2, 0) is 0 Å². The highest BCUT2D eigenvalue weighted by Gasteiger charge is 2.15. The van der Waals surface area contributed by atoms with Gasteiger partial charge in [-0.1, -0.05) is 12.1 Å². The maximum atomic E-state index is 9.45. The molecule has 94 valence electrons. The standard InChI is InChI=1S/C16H10N4/c1-10-6-7-20-14(8-10)11(9-17)15-16(20)19-13-5-3-2-4-12(13)18-15/h2-8H,1H3. The lowest BCUT2D eigenvalue weighted by Gasteiger charge is -1.99. The molecule has 0 unspecified atom stereocenters. The smallest absolute Gasteiger partial charge is 0.165 e. The maximum absolute atomic E-state index is 9.45. The van der Waals surface area contributed by atoms with E-state index >= 15 is 0 Å². The van der Waals surface area contributed by atoms with E-state index in [-0.39, 0.29) is 0 Å². The van der Waals surface area contributed by atoms with Crippen LogP contribution in [0.1, 0.15) is 11.1 Å². The second-order valence-electron chi connectivity index (χ2n) is 4.83. The van der Waals surface area contributed by atoms with E-state index in [1.165, 1.54) is 0 Å². The van der Waals surface area contributed by atoms with Gasteiger partial charge in [-0.2, -0.15) is 5.26 Å². The topological polar surface area (TPSA) is 54.0 Å². The van der Waals surface area contributed by atoms with E-state index in [2.05, 4.69) is 16.0 Å². The van der Waals surface area contributed by atoms with Crippen LogP contribution in [0.15, 0.2) is 42.6 Å². The fourth-order valence-electron chi connectivity index (χ4n) is 2.54. The largest absolute Gasteiger partial charge is 0.299 e. The summed E-state index contributed by atoms with van der Waals surface area (Å²) in [4.78, 5) is 9.26. The quantitative estimate of drug-likeness (QED) is 0.486. The van der Waals surface area contributed by atoms with E-state index < -0.39 is 0 Å². The number of para-hydroxylation sites is 2. The molecule has 0 saturated carbocycles. The van der Waals surface area contributed by atoms with Crippen molar-refractivity contribution >= 4 is 27.7 Å². The number of rotatable bonds is 0. The Morgan fingerprint density at radius 2 is 1.85 bits per heavy atom. The van der Waals surface area contributed by atoms with Crippen molar-refractivity contribution < 1.29 is 0 Å². The average Bonchev–Trinajstić information content (AvgIpc) is 2.76. The van der Waals surface area contributed by atoms with Crippen LogP contribution in [0.4, 0.5) is 0 Å². The van der Waals surface area contributed by atoms with Crippen molar-refractivity contribution in [3.8, 4) is 6.07 Å². The molecule has 0 aliphatic carbocycles. The van der Waals surface area contributed by atoms with E-state index in [9.17, 15) is 5.26 Å². The van der Waals surface area contributed by atoms with E-state index in [4.69, 9.17) is 0 Å². The molecule has 3 heterocycles. The number of hydrogen-bond acceptors (Lipinski definition) is 3. The normalized spacial score (nSPS) is 11.2. The third-order valence-corrected chi connectivity index (χ3v) is 3.50. The molecular formula is C16H10N4. The van der Waals surface area contributed by atoms with E-state index in [0.29, 0.717) is 11.1 Å². The van der Waals surface area contributed by atoms with Crippen molar-refractivity contribution in [2.75, 3.05) is 0 Å². The number of nitrogens with zero attached hydrogens (tertiary/aromatic N) is 4. The molecule has 0 N–H and O–H groups in total. The molecule has 0 aliphatic rings. The van der Waals surface area contributed by atoms with E-state index in [1.807, 2.05) is 53.9 Å². The van der Waals surface area contributed by atoms with Crippen LogP contribution in [0.5, 0.6) is 0 Å². The van der Waals surface area contributed by atoms with Crippen molar-refractivity contribution in [3.05, 3.63) is 53.7 Å². The molecule has 0 saturated heterocycles. The predicted molar refractivity (Wildman–Crippen MR) is 77.5 cm³/mol. The minimum Gasteiger partial charge on any atom is -0.299 e. The lowest BCUT2D eigenvalue weighted by atomic mass is 10.2. The molecule has 4 nitrogen and oxygen atoms in total. The van der Waals surface area contributed by atoms with Gasteiger partial charge in [0.2, 0.25) is 0 Å². The lowest BCUT2D eigenvalue weighted by Crippen LogP contribution is -1.89. The first-order valence-corrected chi connectivity index (χ1v) is 6.35. The Balaban J connectivity index is 2.31. The Morgan fingerprint density at radius 3 is 2.60 bits per heavy atom. The van der Waals surface area contributed by atoms with Crippen molar-refractivity contribution in [3.63, 3.8) is 0 Å². The third-order valence-electron chi connectivity index (χ3n) is 3.50. The first-order chi connectivity index (χ1) is 9.78. The zero-order valence-electron chi connectivity index (χ0n) is 10.8. The molecular weight excluding hydrogens is 248 g/mol. The highest BCUT2D eigenvalue weighted by molar-refractivity contribution is 5.94. The summed E-state index contributed by atoms with van der Waals surface area (Å²) < 4.78 is 1.93. The summed E-state index contributed by atoms with van der Waals surface area (Å²) in [5.41, 5.74) is 5.60. The molecule has 4 rings (SSSR count). The van der Waals surface area contributed by atoms with Gasteiger partial charge in [0.05, 0.1) is 16.6 Å². The summed E-state index contributed by atoms with van der Waals surface area (Å²) in [6, 6.07) is 14.0. The van der Waals surface area contributed by atoms with Crippen molar-refractivity contribution in [1.29, 1.82) is 5.26 Å². The minimum absolute atomic E-state index is 0.585. The van der Waals surface area contributed by atoms with E-state index in [0.717, 1.165) is 27.8 Å². The number of benzene rings is 1. The number of pyridine rings is 1. The van der Waals surface area contributed by atoms with Gasteiger partial charge in [0.25, 0.3) is 0 Å². The summed E-state index contributed by atoms with van der Waals surface area (Å²) in [6.07, 6.45) is 1.94. The van der Waals surface area contributed by atoms with Gasteiger partial charge in [-0.05, 0) is 36.8 Å². The molecule has 4 aromatic rings. The van der Waals surface area contributed by atoms with Gasteiger partial charge in [0, 0.05) is 6.20 Å². The number of hydrogen-bond donors (Lipinski definition) is 0. The fraction of sp³-hybridized carbons (Fsp3) is 0.0625.